The van der Waals surface area contributed by atoms with E-state index in [1.54, 1.807) is 24.4 Å². The molecule has 0 atom stereocenters. The number of nitrogens with one attached hydrogen (secondary N) is 1. The highest BCUT2D eigenvalue weighted by Crippen LogP contribution is 2.32. The van der Waals surface area contributed by atoms with E-state index in [4.69, 9.17) is 43.8 Å². The van der Waals surface area contributed by atoms with Crippen molar-refractivity contribution in [3.05, 3.63) is 69.6 Å². The minimum atomic E-state index is 0.0129. The van der Waals surface area contributed by atoms with Crippen LogP contribution in [-0.4, -0.2) is 47.1 Å². The highest BCUT2D eigenvalue weighted by Gasteiger charge is 2.21. The molecule has 4 rings (SSSR count). The quantitative estimate of drug-likeness (QED) is 0.354. The number of ether oxygens (including phenoxy) is 2. The van der Waals surface area contributed by atoms with Gasteiger partial charge in [0.05, 0.1) is 28.9 Å². The van der Waals surface area contributed by atoms with Crippen molar-refractivity contribution in [3.8, 4) is 11.6 Å². The monoisotopic (exact) mass is 473 g/mol. The van der Waals surface area contributed by atoms with Crippen LogP contribution in [0.2, 0.25) is 10.0 Å². The number of hydrogen-bond donors (Lipinski definition) is 3. The van der Waals surface area contributed by atoms with Gasteiger partial charge in [-0.2, -0.15) is 0 Å². The predicted molar refractivity (Wildman–Crippen MR) is 124 cm³/mol. The van der Waals surface area contributed by atoms with Crippen LogP contribution < -0.4 is 20.1 Å². The molecule has 1 aliphatic heterocycles. The SMILES string of the molecule is N=C(c1cnc2c(c1)N(CCO)CCO2)c1cc(OCc2c(Cl)cncc2Cl)ccc1N. The summed E-state index contributed by atoms with van der Waals surface area (Å²) in [7, 11) is 0. The Morgan fingerprint density at radius 2 is 2.00 bits per heavy atom. The van der Waals surface area contributed by atoms with Crippen LogP contribution in [0.3, 0.4) is 0 Å². The summed E-state index contributed by atoms with van der Waals surface area (Å²) in [5.74, 6) is 0.997. The number of aliphatic hydroxyl groups is 1. The molecule has 2 aromatic heterocycles. The van der Waals surface area contributed by atoms with Gasteiger partial charge >= 0.3 is 0 Å². The molecule has 32 heavy (non-hydrogen) atoms. The Morgan fingerprint density at radius 3 is 2.75 bits per heavy atom. The van der Waals surface area contributed by atoms with Gasteiger partial charge in [-0.25, -0.2) is 4.98 Å². The molecule has 0 saturated carbocycles. The molecular weight excluding hydrogens is 453 g/mol. The molecule has 3 aromatic rings. The molecule has 0 amide bonds. The maximum Gasteiger partial charge on any atom is 0.237 e. The summed E-state index contributed by atoms with van der Waals surface area (Å²) < 4.78 is 11.5. The summed E-state index contributed by atoms with van der Waals surface area (Å²) in [4.78, 5) is 10.3. The van der Waals surface area contributed by atoms with E-state index in [2.05, 4.69) is 9.97 Å². The van der Waals surface area contributed by atoms with Crippen molar-refractivity contribution in [1.29, 1.82) is 5.41 Å². The number of nitrogen functional groups attached to an aromatic ring is 1. The second-order valence-corrected chi connectivity index (χ2v) is 7.92. The molecule has 0 bridgehead atoms. The fourth-order valence-corrected chi connectivity index (χ4v) is 3.84. The second-order valence-electron chi connectivity index (χ2n) is 7.10. The maximum atomic E-state index is 9.34. The minimum absolute atomic E-state index is 0.0129. The zero-order valence-electron chi connectivity index (χ0n) is 17.0. The Balaban J connectivity index is 1.59. The molecular formula is C22H21Cl2N5O3. The molecule has 0 unspecified atom stereocenters. The zero-order valence-corrected chi connectivity index (χ0v) is 18.5. The Labute approximate surface area is 195 Å². The lowest BCUT2D eigenvalue weighted by Crippen LogP contribution is -2.35. The Bertz CT molecular complexity index is 1140. The summed E-state index contributed by atoms with van der Waals surface area (Å²) in [6.45, 7) is 1.75. The van der Waals surface area contributed by atoms with Gasteiger partial charge in [-0.15, -0.1) is 0 Å². The lowest BCUT2D eigenvalue weighted by Gasteiger charge is -2.30. The fourth-order valence-electron chi connectivity index (χ4n) is 3.37. The number of aliphatic hydroxyl groups excluding tert-OH is 1. The third-order valence-corrected chi connectivity index (χ3v) is 5.71. The van der Waals surface area contributed by atoms with Crippen LogP contribution in [0.1, 0.15) is 16.7 Å². The van der Waals surface area contributed by atoms with Gasteiger partial charge in [0.15, 0.2) is 0 Å². The topological polar surface area (TPSA) is 118 Å². The average Bonchev–Trinajstić information content (AvgIpc) is 2.79. The van der Waals surface area contributed by atoms with E-state index in [0.717, 1.165) is 5.69 Å². The number of aromatic nitrogens is 2. The third kappa shape index (κ3) is 4.57. The van der Waals surface area contributed by atoms with Crippen molar-refractivity contribution in [2.24, 2.45) is 0 Å². The number of hydrogen-bond acceptors (Lipinski definition) is 8. The average molecular weight is 474 g/mol. The van der Waals surface area contributed by atoms with E-state index in [1.165, 1.54) is 12.4 Å². The molecule has 4 N–H and O–H groups in total. The van der Waals surface area contributed by atoms with Gasteiger partial charge in [-0.05, 0) is 24.3 Å². The lowest BCUT2D eigenvalue weighted by atomic mass is 10.0. The van der Waals surface area contributed by atoms with Gasteiger partial charge in [0.1, 0.15) is 24.7 Å². The molecule has 166 valence electrons. The standard InChI is InChI=1S/C22H21Cl2N5O3/c23-17-10-27-11-18(24)16(17)12-32-14-1-2-19(25)15(8-14)21(26)13-7-20-22(28-9-13)31-6-4-29(20)3-5-30/h1-2,7-11,26,30H,3-6,12,25H2. The van der Waals surface area contributed by atoms with E-state index >= 15 is 0 Å². The second kappa shape index (κ2) is 9.60. The first kappa shape index (κ1) is 22.1. The molecule has 1 aromatic carbocycles. The Hall–Kier alpha value is -3.07. The fraction of sp³-hybridized carbons (Fsp3) is 0.227. The van der Waals surface area contributed by atoms with Gasteiger partial charge in [0, 0.05) is 47.5 Å². The van der Waals surface area contributed by atoms with Crippen molar-refractivity contribution in [3.63, 3.8) is 0 Å². The number of anilines is 2. The van der Waals surface area contributed by atoms with Gasteiger partial charge in [0.2, 0.25) is 5.88 Å². The van der Waals surface area contributed by atoms with Crippen molar-refractivity contribution in [2.45, 2.75) is 6.61 Å². The van der Waals surface area contributed by atoms with Gasteiger partial charge in [0.25, 0.3) is 0 Å². The van der Waals surface area contributed by atoms with Crippen LogP contribution in [0, 0.1) is 5.41 Å². The first-order valence-corrected chi connectivity index (χ1v) is 10.6. The van der Waals surface area contributed by atoms with Crippen LogP contribution in [-0.2, 0) is 6.61 Å². The highest BCUT2D eigenvalue weighted by molar-refractivity contribution is 6.35. The summed E-state index contributed by atoms with van der Waals surface area (Å²) in [5.41, 5.74) is 9.22. The molecule has 0 saturated heterocycles. The maximum absolute atomic E-state index is 9.34. The van der Waals surface area contributed by atoms with Crippen molar-refractivity contribution < 1.29 is 14.6 Å². The normalized spacial score (nSPS) is 12.8. The number of benzene rings is 1. The molecule has 1 aliphatic rings. The van der Waals surface area contributed by atoms with Crippen LogP contribution >= 0.6 is 23.2 Å². The first-order valence-electron chi connectivity index (χ1n) is 9.86. The van der Waals surface area contributed by atoms with Gasteiger partial charge in [-0.3, -0.25) is 10.4 Å². The summed E-state index contributed by atoms with van der Waals surface area (Å²) in [5, 5.41) is 18.9. The van der Waals surface area contributed by atoms with E-state index in [9.17, 15) is 5.11 Å². The van der Waals surface area contributed by atoms with E-state index in [0.29, 0.717) is 63.7 Å². The number of rotatable bonds is 7. The van der Waals surface area contributed by atoms with Crippen molar-refractivity contribution in [2.75, 3.05) is 36.9 Å². The summed E-state index contributed by atoms with van der Waals surface area (Å²) in [6.07, 6.45) is 4.58. The van der Waals surface area contributed by atoms with Crippen LogP contribution in [0.5, 0.6) is 11.6 Å². The minimum Gasteiger partial charge on any atom is -0.489 e. The lowest BCUT2D eigenvalue weighted by molar-refractivity contribution is 0.272. The first-order chi connectivity index (χ1) is 15.5. The Kier molecular flexibility index (Phi) is 6.64. The molecule has 10 heteroatoms. The molecule has 0 fully saturated rings. The van der Waals surface area contributed by atoms with Crippen molar-refractivity contribution >= 4 is 40.3 Å². The number of pyridine rings is 2. The van der Waals surface area contributed by atoms with Crippen LogP contribution in [0.15, 0.2) is 42.9 Å². The largest absolute Gasteiger partial charge is 0.489 e. The summed E-state index contributed by atoms with van der Waals surface area (Å²) in [6, 6.07) is 6.92. The summed E-state index contributed by atoms with van der Waals surface area (Å²) >= 11 is 12.3. The van der Waals surface area contributed by atoms with Gasteiger partial charge < -0.3 is 25.2 Å². The van der Waals surface area contributed by atoms with E-state index in [-0.39, 0.29) is 18.9 Å². The smallest absolute Gasteiger partial charge is 0.237 e. The van der Waals surface area contributed by atoms with Crippen LogP contribution in [0.4, 0.5) is 11.4 Å². The molecule has 0 spiro atoms. The number of nitrogens with zero attached hydrogens (tertiary/aromatic N) is 3. The predicted octanol–water partition coefficient (Wildman–Crippen LogP) is 3.55. The molecule has 0 aliphatic carbocycles. The van der Waals surface area contributed by atoms with Crippen LogP contribution in [0.25, 0.3) is 0 Å². The third-order valence-electron chi connectivity index (χ3n) is 5.06. The zero-order chi connectivity index (χ0) is 22.7. The van der Waals surface area contributed by atoms with E-state index < -0.39 is 0 Å². The van der Waals surface area contributed by atoms with Gasteiger partial charge in [-0.1, -0.05) is 23.2 Å². The number of nitrogens with two attached hydrogens (primary N) is 1. The van der Waals surface area contributed by atoms with Crippen molar-refractivity contribution in [1.82, 2.24) is 9.97 Å². The number of fused-ring (bicyclic) bond motifs is 1. The number of halogens is 2. The molecule has 8 nitrogen and oxygen atoms in total. The molecule has 3 heterocycles. The Morgan fingerprint density at radius 1 is 1.22 bits per heavy atom. The molecule has 0 radical (unpaired) electrons. The number of β-amino-alcohol motifs (C(OH)–C–C–N with tert-alkyl or cyclic N) is 1. The highest BCUT2D eigenvalue weighted by atomic mass is 35.5. The van der Waals surface area contributed by atoms with E-state index in [1.807, 2.05) is 11.0 Å².